The third-order valence-corrected chi connectivity index (χ3v) is 4.95. The molecule has 6 nitrogen and oxygen atoms in total. The Hall–Kier alpha value is -3.08. The summed E-state index contributed by atoms with van der Waals surface area (Å²) >= 11 is 5.71. The first-order chi connectivity index (χ1) is 14.2. The van der Waals surface area contributed by atoms with Gasteiger partial charge in [-0.15, -0.1) is 6.58 Å². The van der Waals surface area contributed by atoms with Crippen LogP contribution in [0.25, 0.3) is 11.4 Å². The van der Waals surface area contributed by atoms with E-state index in [1.807, 2.05) is 51.7 Å². The molecular weight excluding hydrogens is 380 g/mol. The average molecular weight is 405 g/mol. The second kappa shape index (κ2) is 9.92. The Morgan fingerprint density at radius 3 is 2.69 bits per heavy atom. The molecule has 3 aromatic rings. The van der Waals surface area contributed by atoms with Crippen molar-refractivity contribution in [2.75, 3.05) is 6.54 Å². The van der Waals surface area contributed by atoms with Gasteiger partial charge in [-0.1, -0.05) is 25.1 Å². The molecule has 0 amide bonds. The maximum absolute atomic E-state index is 8.99. The number of nitriles is 1. The van der Waals surface area contributed by atoms with Gasteiger partial charge in [-0.05, 0) is 55.0 Å². The van der Waals surface area contributed by atoms with Crippen LogP contribution in [0.2, 0.25) is 0 Å². The molecule has 2 aromatic heterocycles. The third kappa shape index (κ3) is 5.05. The number of hydrogen-bond donors (Lipinski definition) is 0. The van der Waals surface area contributed by atoms with Gasteiger partial charge in [0.2, 0.25) is 0 Å². The van der Waals surface area contributed by atoms with Gasteiger partial charge >= 0.3 is 0 Å². The first-order valence-corrected chi connectivity index (χ1v) is 9.97. The van der Waals surface area contributed by atoms with Crippen molar-refractivity contribution in [1.29, 1.82) is 5.26 Å². The number of allylic oxidation sites excluding steroid dienone is 1. The first-order valence-electron chi connectivity index (χ1n) is 9.56. The highest BCUT2D eigenvalue weighted by Crippen LogP contribution is 2.18. The molecule has 0 N–H and O–H groups in total. The summed E-state index contributed by atoms with van der Waals surface area (Å²) in [7, 11) is 0. The topological polar surface area (TPSA) is 62.7 Å². The number of rotatable bonds is 9. The van der Waals surface area contributed by atoms with Crippen LogP contribution in [0.5, 0.6) is 0 Å². The molecule has 0 bridgehead atoms. The van der Waals surface area contributed by atoms with Crippen molar-refractivity contribution in [3.63, 3.8) is 0 Å². The van der Waals surface area contributed by atoms with Crippen LogP contribution in [0.3, 0.4) is 0 Å². The van der Waals surface area contributed by atoms with Gasteiger partial charge < -0.3 is 0 Å². The second-order valence-corrected chi connectivity index (χ2v) is 7.11. The average Bonchev–Trinajstić information content (AvgIpc) is 3.05. The van der Waals surface area contributed by atoms with Crippen LogP contribution in [0.15, 0.2) is 61.4 Å². The zero-order chi connectivity index (χ0) is 20.6. The number of nitrogens with zero attached hydrogens (tertiary/aromatic N) is 6. The number of pyridine rings is 1. The van der Waals surface area contributed by atoms with Crippen molar-refractivity contribution in [3.05, 3.63) is 77.3 Å². The van der Waals surface area contributed by atoms with E-state index in [0.29, 0.717) is 23.5 Å². The quantitative estimate of drug-likeness (QED) is 0.391. The summed E-state index contributed by atoms with van der Waals surface area (Å²) in [6, 6.07) is 13.7. The van der Waals surface area contributed by atoms with E-state index in [9.17, 15) is 0 Å². The molecule has 3 rings (SSSR count). The van der Waals surface area contributed by atoms with E-state index in [0.717, 1.165) is 36.5 Å². The molecule has 0 aliphatic rings. The van der Waals surface area contributed by atoms with Crippen LogP contribution < -0.4 is 0 Å². The van der Waals surface area contributed by atoms with Crippen molar-refractivity contribution >= 4 is 12.2 Å². The monoisotopic (exact) mass is 404 g/mol. The fraction of sp³-hybridized carbons (Fsp3) is 0.273. The first kappa shape index (κ1) is 20.6. The summed E-state index contributed by atoms with van der Waals surface area (Å²) in [6.45, 7) is 8.86. The highest BCUT2D eigenvalue weighted by molar-refractivity contribution is 7.71. The lowest BCUT2D eigenvalue weighted by atomic mass is 10.1. The molecule has 0 fully saturated rings. The molecule has 1 aromatic carbocycles. The Balaban J connectivity index is 1.88. The molecule has 0 saturated heterocycles. The van der Waals surface area contributed by atoms with Crippen LogP contribution in [0.1, 0.15) is 24.5 Å². The standard InChI is InChI=1S/C22H24N6S/c1-3-12-26(16-19-9-7-18(14-23)8-10-19)17-28-22(29)27(13-4-2)21(25-28)20-6-5-11-24-15-20/h4-11,15H,2-3,12-13,16-17H2,1H3. The molecule has 2 heterocycles. The molecular formula is C22H24N6S. The lowest BCUT2D eigenvalue weighted by Crippen LogP contribution is -2.27. The minimum absolute atomic E-state index is 0.587. The van der Waals surface area contributed by atoms with Crippen molar-refractivity contribution in [2.24, 2.45) is 0 Å². The van der Waals surface area contributed by atoms with Gasteiger partial charge in [0, 0.05) is 31.0 Å². The van der Waals surface area contributed by atoms with Gasteiger partial charge in [0.15, 0.2) is 10.6 Å². The minimum Gasteiger partial charge on any atom is -0.296 e. The highest BCUT2D eigenvalue weighted by atomic mass is 32.1. The minimum atomic E-state index is 0.587. The van der Waals surface area contributed by atoms with Gasteiger partial charge in [-0.25, -0.2) is 4.68 Å². The van der Waals surface area contributed by atoms with Crippen LogP contribution in [-0.2, 0) is 19.8 Å². The third-order valence-electron chi connectivity index (χ3n) is 4.52. The SMILES string of the molecule is C=CCn1c(-c2cccnc2)nn(CN(CCC)Cc2ccc(C#N)cc2)c1=S. The molecule has 0 spiro atoms. The Morgan fingerprint density at radius 2 is 2.07 bits per heavy atom. The van der Waals surface area contributed by atoms with Gasteiger partial charge in [-0.2, -0.15) is 10.4 Å². The van der Waals surface area contributed by atoms with E-state index in [4.69, 9.17) is 22.6 Å². The number of benzene rings is 1. The summed E-state index contributed by atoms with van der Waals surface area (Å²) in [6.07, 6.45) is 6.38. The lowest BCUT2D eigenvalue weighted by Gasteiger charge is -2.21. The largest absolute Gasteiger partial charge is 0.296 e. The van der Waals surface area contributed by atoms with Crippen molar-refractivity contribution < 1.29 is 0 Å². The zero-order valence-electron chi connectivity index (χ0n) is 16.5. The van der Waals surface area contributed by atoms with E-state index in [1.165, 1.54) is 0 Å². The van der Waals surface area contributed by atoms with Gasteiger partial charge in [0.25, 0.3) is 0 Å². The van der Waals surface area contributed by atoms with Gasteiger partial charge in [-0.3, -0.25) is 14.5 Å². The van der Waals surface area contributed by atoms with Crippen LogP contribution in [-0.4, -0.2) is 30.8 Å². The van der Waals surface area contributed by atoms with Crippen LogP contribution >= 0.6 is 12.2 Å². The number of aromatic nitrogens is 4. The Kier molecular flexibility index (Phi) is 7.06. The summed E-state index contributed by atoms with van der Waals surface area (Å²) in [4.78, 5) is 6.51. The molecule has 148 valence electrons. The second-order valence-electron chi connectivity index (χ2n) is 6.75. The Labute approximate surface area is 176 Å². The van der Waals surface area contributed by atoms with Crippen LogP contribution in [0, 0.1) is 16.1 Å². The van der Waals surface area contributed by atoms with Gasteiger partial charge in [0.05, 0.1) is 18.3 Å². The predicted octanol–water partition coefficient (Wildman–Crippen LogP) is 4.40. The van der Waals surface area contributed by atoms with Gasteiger partial charge in [0.1, 0.15) is 0 Å². The number of hydrogen-bond acceptors (Lipinski definition) is 5. The highest BCUT2D eigenvalue weighted by Gasteiger charge is 2.15. The predicted molar refractivity (Wildman–Crippen MR) is 116 cm³/mol. The molecule has 0 aliphatic carbocycles. The molecule has 0 unspecified atom stereocenters. The van der Waals surface area contributed by atoms with E-state index in [2.05, 4.69) is 29.5 Å². The molecule has 0 saturated carbocycles. The van der Waals surface area contributed by atoms with E-state index in [-0.39, 0.29) is 0 Å². The normalized spacial score (nSPS) is 10.8. The molecule has 0 aliphatic heterocycles. The maximum atomic E-state index is 8.99. The maximum Gasteiger partial charge on any atom is 0.199 e. The Bertz CT molecular complexity index is 1040. The molecule has 0 radical (unpaired) electrons. The Morgan fingerprint density at radius 1 is 1.28 bits per heavy atom. The van der Waals surface area contributed by atoms with E-state index < -0.39 is 0 Å². The molecule has 29 heavy (non-hydrogen) atoms. The summed E-state index contributed by atoms with van der Waals surface area (Å²) < 4.78 is 4.50. The van der Waals surface area contributed by atoms with Crippen LogP contribution in [0.4, 0.5) is 0 Å². The summed E-state index contributed by atoms with van der Waals surface area (Å²) in [5.74, 6) is 0.790. The lowest BCUT2D eigenvalue weighted by molar-refractivity contribution is 0.197. The molecule has 7 heteroatoms. The zero-order valence-corrected chi connectivity index (χ0v) is 17.3. The fourth-order valence-corrected chi connectivity index (χ4v) is 3.44. The molecule has 0 atom stereocenters. The summed E-state index contributed by atoms with van der Waals surface area (Å²) in [5, 5.41) is 13.8. The smallest absolute Gasteiger partial charge is 0.199 e. The summed E-state index contributed by atoms with van der Waals surface area (Å²) in [5.41, 5.74) is 2.75. The van der Waals surface area contributed by atoms with E-state index >= 15 is 0 Å². The van der Waals surface area contributed by atoms with E-state index in [1.54, 1.807) is 12.4 Å². The van der Waals surface area contributed by atoms with Crippen molar-refractivity contribution in [1.82, 2.24) is 24.2 Å². The fourth-order valence-electron chi connectivity index (χ4n) is 3.18. The van der Waals surface area contributed by atoms with Crippen molar-refractivity contribution in [3.8, 4) is 17.5 Å². The van der Waals surface area contributed by atoms with Crippen molar-refractivity contribution in [2.45, 2.75) is 33.1 Å².